The first-order chi connectivity index (χ1) is 9.89. The van der Waals surface area contributed by atoms with Crippen molar-refractivity contribution in [2.45, 2.75) is 70.8 Å². The van der Waals surface area contributed by atoms with Crippen LogP contribution < -0.4 is 5.73 Å². The van der Waals surface area contributed by atoms with Gasteiger partial charge in [0.15, 0.2) is 5.82 Å². The lowest BCUT2D eigenvalue weighted by atomic mass is 9.78. The van der Waals surface area contributed by atoms with Gasteiger partial charge in [0, 0.05) is 12.0 Å². The van der Waals surface area contributed by atoms with Crippen LogP contribution in [0.2, 0.25) is 0 Å². The Labute approximate surface area is 127 Å². The molecule has 0 radical (unpaired) electrons. The quantitative estimate of drug-likeness (QED) is 0.836. The second-order valence-electron chi connectivity index (χ2n) is 7.06. The molecule has 1 atom stereocenters. The highest BCUT2D eigenvalue weighted by Crippen LogP contribution is 2.45. The van der Waals surface area contributed by atoms with Crippen molar-refractivity contribution in [1.82, 2.24) is 10.1 Å². The summed E-state index contributed by atoms with van der Waals surface area (Å²) in [6.07, 6.45) is 5.85. The first-order valence-electron chi connectivity index (χ1n) is 8.11. The zero-order chi connectivity index (χ0) is 15.5. The van der Waals surface area contributed by atoms with E-state index in [0.29, 0.717) is 25.0 Å². The maximum absolute atomic E-state index is 6.27. The SMILES string of the molecule is CCOCC(C)(N)c1noc(C2(CC(C)C)CCCC2)n1. The van der Waals surface area contributed by atoms with E-state index in [1.165, 1.54) is 12.8 Å². The fourth-order valence-electron chi connectivity index (χ4n) is 3.39. The Morgan fingerprint density at radius 1 is 1.38 bits per heavy atom. The Bertz CT molecular complexity index is 448. The zero-order valence-electron chi connectivity index (χ0n) is 13.8. The van der Waals surface area contributed by atoms with Crippen molar-refractivity contribution in [3.8, 4) is 0 Å². The fraction of sp³-hybridized carbons (Fsp3) is 0.875. The maximum Gasteiger partial charge on any atom is 0.232 e. The lowest BCUT2D eigenvalue weighted by molar-refractivity contribution is 0.0962. The Morgan fingerprint density at radius 3 is 2.62 bits per heavy atom. The summed E-state index contributed by atoms with van der Waals surface area (Å²) in [6.45, 7) is 9.38. The number of hydrogen-bond donors (Lipinski definition) is 1. The van der Waals surface area contributed by atoms with Gasteiger partial charge in [-0.05, 0) is 39.0 Å². The monoisotopic (exact) mass is 295 g/mol. The molecule has 0 aromatic carbocycles. The Hall–Kier alpha value is -0.940. The number of nitrogens with zero attached hydrogens (tertiary/aromatic N) is 2. The van der Waals surface area contributed by atoms with E-state index >= 15 is 0 Å². The summed E-state index contributed by atoms with van der Waals surface area (Å²) in [4.78, 5) is 4.66. The standard InChI is InChI=1S/C16H29N3O2/c1-5-20-11-15(4,17)13-18-14(21-19-13)16(10-12(2)3)8-6-7-9-16/h12H,5-11,17H2,1-4H3. The number of nitrogens with two attached hydrogens (primary N) is 1. The van der Waals surface area contributed by atoms with Gasteiger partial charge >= 0.3 is 0 Å². The summed E-state index contributed by atoms with van der Waals surface area (Å²) < 4.78 is 11.1. The zero-order valence-corrected chi connectivity index (χ0v) is 13.8. The van der Waals surface area contributed by atoms with Crippen LogP contribution in [0.5, 0.6) is 0 Å². The molecule has 120 valence electrons. The molecule has 5 nitrogen and oxygen atoms in total. The van der Waals surface area contributed by atoms with Crippen LogP contribution in [0.4, 0.5) is 0 Å². The molecule has 5 heteroatoms. The lowest BCUT2D eigenvalue weighted by Crippen LogP contribution is -2.39. The molecule has 1 aromatic rings. The smallest absolute Gasteiger partial charge is 0.232 e. The molecule has 1 aliphatic rings. The molecule has 0 amide bonds. The van der Waals surface area contributed by atoms with Gasteiger partial charge in [0.2, 0.25) is 5.89 Å². The van der Waals surface area contributed by atoms with Crippen LogP contribution in [-0.2, 0) is 15.7 Å². The topological polar surface area (TPSA) is 74.2 Å². The first kappa shape index (κ1) is 16.4. The van der Waals surface area contributed by atoms with E-state index in [4.69, 9.17) is 15.0 Å². The van der Waals surface area contributed by atoms with Crippen molar-refractivity contribution in [3.63, 3.8) is 0 Å². The van der Waals surface area contributed by atoms with Gasteiger partial charge in [0.1, 0.15) is 5.54 Å². The summed E-state index contributed by atoms with van der Waals surface area (Å²) in [6, 6.07) is 0. The second kappa shape index (κ2) is 6.44. The predicted molar refractivity (Wildman–Crippen MR) is 81.9 cm³/mol. The first-order valence-corrected chi connectivity index (χ1v) is 8.11. The van der Waals surface area contributed by atoms with Crippen molar-refractivity contribution < 1.29 is 9.26 Å². The van der Waals surface area contributed by atoms with Crippen molar-refractivity contribution in [3.05, 3.63) is 11.7 Å². The molecule has 0 spiro atoms. The van der Waals surface area contributed by atoms with E-state index in [1.54, 1.807) is 0 Å². The largest absolute Gasteiger partial charge is 0.379 e. The highest BCUT2D eigenvalue weighted by molar-refractivity contribution is 5.11. The Balaban J connectivity index is 2.21. The van der Waals surface area contributed by atoms with Gasteiger partial charge in [0.05, 0.1) is 6.61 Å². The highest BCUT2D eigenvalue weighted by Gasteiger charge is 2.42. The molecule has 21 heavy (non-hydrogen) atoms. The average Bonchev–Trinajstić information content (AvgIpc) is 3.05. The molecule has 1 heterocycles. The molecule has 1 unspecified atom stereocenters. The highest BCUT2D eigenvalue weighted by atomic mass is 16.5. The van der Waals surface area contributed by atoms with Crippen LogP contribution in [-0.4, -0.2) is 23.4 Å². The van der Waals surface area contributed by atoms with Gasteiger partial charge < -0.3 is 15.0 Å². The lowest BCUT2D eigenvalue weighted by Gasteiger charge is -2.26. The maximum atomic E-state index is 6.27. The molecule has 1 aliphatic carbocycles. The summed E-state index contributed by atoms with van der Waals surface area (Å²) in [7, 11) is 0. The third-order valence-corrected chi connectivity index (χ3v) is 4.36. The minimum Gasteiger partial charge on any atom is -0.379 e. The van der Waals surface area contributed by atoms with Crippen molar-refractivity contribution in [1.29, 1.82) is 0 Å². The normalized spacial score (nSPS) is 20.9. The molecule has 0 bridgehead atoms. The van der Waals surface area contributed by atoms with Crippen molar-refractivity contribution >= 4 is 0 Å². The van der Waals surface area contributed by atoms with E-state index in [-0.39, 0.29) is 5.41 Å². The van der Waals surface area contributed by atoms with E-state index < -0.39 is 5.54 Å². The third-order valence-electron chi connectivity index (χ3n) is 4.36. The van der Waals surface area contributed by atoms with Gasteiger partial charge in [-0.1, -0.05) is 31.8 Å². The summed E-state index contributed by atoms with van der Waals surface area (Å²) in [5.41, 5.74) is 5.63. The van der Waals surface area contributed by atoms with E-state index in [9.17, 15) is 0 Å². The van der Waals surface area contributed by atoms with Gasteiger partial charge in [-0.15, -0.1) is 0 Å². The molecule has 2 N–H and O–H groups in total. The molecule has 0 saturated heterocycles. The minimum atomic E-state index is -0.699. The predicted octanol–water partition coefficient (Wildman–Crippen LogP) is 3.14. The molecule has 0 aliphatic heterocycles. The van der Waals surface area contributed by atoms with Gasteiger partial charge in [0.25, 0.3) is 0 Å². The third kappa shape index (κ3) is 3.64. The van der Waals surface area contributed by atoms with Crippen molar-refractivity contribution in [2.24, 2.45) is 11.7 Å². The second-order valence-corrected chi connectivity index (χ2v) is 7.06. The average molecular weight is 295 g/mol. The van der Waals surface area contributed by atoms with E-state index in [0.717, 1.165) is 25.2 Å². The Morgan fingerprint density at radius 2 is 2.05 bits per heavy atom. The van der Waals surface area contributed by atoms with Gasteiger partial charge in [-0.2, -0.15) is 4.98 Å². The number of ether oxygens (including phenoxy) is 1. The minimum absolute atomic E-state index is 0.0567. The van der Waals surface area contributed by atoms with E-state index in [2.05, 4.69) is 24.0 Å². The number of aromatic nitrogens is 2. The summed E-state index contributed by atoms with van der Waals surface area (Å²) in [5, 5.41) is 4.15. The van der Waals surface area contributed by atoms with Gasteiger partial charge in [-0.25, -0.2) is 0 Å². The number of rotatable bonds is 7. The van der Waals surface area contributed by atoms with E-state index in [1.807, 2.05) is 13.8 Å². The van der Waals surface area contributed by atoms with Crippen LogP contribution in [0.3, 0.4) is 0 Å². The van der Waals surface area contributed by atoms with Crippen LogP contribution in [0.15, 0.2) is 4.52 Å². The van der Waals surface area contributed by atoms with Crippen LogP contribution in [0.25, 0.3) is 0 Å². The summed E-state index contributed by atoms with van der Waals surface area (Å²) in [5.74, 6) is 1.95. The molecule has 1 aromatic heterocycles. The molecule has 1 fully saturated rings. The Kier molecular flexibility index (Phi) is 5.04. The summed E-state index contributed by atoms with van der Waals surface area (Å²) >= 11 is 0. The van der Waals surface area contributed by atoms with Crippen LogP contribution in [0, 0.1) is 5.92 Å². The number of hydrogen-bond acceptors (Lipinski definition) is 5. The molecule has 2 rings (SSSR count). The van der Waals surface area contributed by atoms with Crippen LogP contribution >= 0.6 is 0 Å². The van der Waals surface area contributed by atoms with Crippen molar-refractivity contribution in [2.75, 3.05) is 13.2 Å². The molecule has 1 saturated carbocycles. The van der Waals surface area contributed by atoms with Crippen LogP contribution in [0.1, 0.15) is 71.5 Å². The van der Waals surface area contributed by atoms with Gasteiger partial charge in [-0.3, -0.25) is 0 Å². The molecular weight excluding hydrogens is 266 g/mol. The molecular formula is C16H29N3O2. The fourth-order valence-corrected chi connectivity index (χ4v) is 3.39.